The minimum Gasteiger partial charge on any atom is -0.339 e. The van der Waals surface area contributed by atoms with E-state index in [1.807, 2.05) is 24.3 Å². The van der Waals surface area contributed by atoms with Crippen molar-refractivity contribution in [1.82, 2.24) is 14.4 Å². The Morgan fingerprint density at radius 1 is 0.774 bits per heavy atom. The Labute approximate surface area is 181 Å². The molecular formula is C25H26FN3O2. The van der Waals surface area contributed by atoms with Gasteiger partial charge in [0.1, 0.15) is 5.82 Å². The zero-order valence-electron chi connectivity index (χ0n) is 17.8. The van der Waals surface area contributed by atoms with E-state index in [1.54, 1.807) is 21.9 Å². The summed E-state index contributed by atoms with van der Waals surface area (Å²) in [6, 6.07) is 17.8. The Hall–Kier alpha value is -3.41. The number of aryl methyl sites for hydroxylation is 2. The number of aromatic nitrogens is 1. The zero-order chi connectivity index (χ0) is 22.0. The lowest BCUT2D eigenvalue weighted by atomic mass is 10.1. The summed E-state index contributed by atoms with van der Waals surface area (Å²) in [5, 5.41) is 0. The van der Waals surface area contributed by atoms with Crippen LogP contribution < -0.4 is 0 Å². The minimum atomic E-state index is -0.310. The molecule has 5 nitrogen and oxygen atoms in total. The van der Waals surface area contributed by atoms with Gasteiger partial charge in [-0.25, -0.2) is 4.39 Å². The summed E-state index contributed by atoms with van der Waals surface area (Å²) in [7, 11) is 0. The Balaban J connectivity index is 1.34. The van der Waals surface area contributed by atoms with Gasteiger partial charge in [-0.2, -0.15) is 0 Å². The van der Waals surface area contributed by atoms with E-state index in [4.69, 9.17) is 0 Å². The first-order chi connectivity index (χ1) is 14.9. The molecule has 1 aliphatic heterocycles. The normalized spacial score (nSPS) is 14.0. The van der Waals surface area contributed by atoms with Crippen molar-refractivity contribution in [3.8, 4) is 5.69 Å². The lowest BCUT2D eigenvalue weighted by Crippen LogP contribution is -2.51. The van der Waals surface area contributed by atoms with Crippen molar-refractivity contribution in [1.29, 1.82) is 0 Å². The van der Waals surface area contributed by atoms with Gasteiger partial charge in [0, 0.05) is 48.8 Å². The summed E-state index contributed by atoms with van der Waals surface area (Å²) in [5.41, 5.74) is 4.78. The summed E-state index contributed by atoms with van der Waals surface area (Å²) in [6.45, 7) is 6.14. The molecule has 0 atom stereocenters. The van der Waals surface area contributed by atoms with E-state index in [0.29, 0.717) is 31.7 Å². The van der Waals surface area contributed by atoms with E-state index < -0.39 is 0 Å². The van der Waals surface area contributed by atoms with E-state index in [1.165, 1.54) is 12.1 Å². The second-order valence-electron chi connectivity index (χ2n) is 7.97. The lowest BCUT2D eigenvalue weighted by Gasteiger charge is -2.35. The highest BCUT2D eigenvalue weighted by atomic mass is 19.1. The highest BCUT2D eigenvalue weighted by molar-refractivity contribution is 5.94. The number of piperazine rings is 1. The predicted molar refractivity (Wildman–Crippen MR) is 118 cm³/mol. The van der Waals surface area contributed by atoms with Gasteiger partial charge in [0.15, 0.2) is 0 Å². The first-order valence-corrected chi connectivity index (χ1v) is 10.5. The summed E-state index contributed by atoms with van der Waals surface area (Å²) < 4.78 is 15.2. The minimum absolute atomic E-state index is 0.000484. The fourth-order valence-electron chi connectivity index (χ4n) is 4.06. The summed E-state index contributed by atoms with van der Waals surface area (Å²) >= 11 is 0. The van der Waals surface area contributed by atoms with Crippen molar-refractivity contribution in [2.45, 2.75) is 20.3 Å². The molecule has 3 aromatic rings. The van der Waals surface area contributed by atoms with E-state index in [-0.39, 0.29) is 24.1 Å². The third-order valence-corrected chi connectivity index (χ3v) is 5.83. The monoisotopic (exact) mass is 419 g/mol. The third kappa shape index (κ3) is 4.53. The molecule has 0 radical (unpaired) electrons. The Morgan fingerprint density at radius 2 is 1.32 bits per heavy atom. The van der Waals surface area contributed by atoms with Crippen LogP contribution >= 0.6 is 0 Å². The molecule has 1 fully saturated rings. The van der Waals surface area contributed by atoms with Crippen LogP contribution in [-0.4, -0.2) is 52.4 Å². The number of nitrogens with zero attached hydrogens (tertiary/aromatic N) is 3. The Kier molecular flexibility index (Phi) is 5.89. The topological polar surface area (TPSA) is 45.6 Å². The van der Waals surface area contributed by atoms with Gasteiger partial charge >= 0.3 is 0 Å². The molecule has 2 aromatic carbocycles. The maximum absolute atomic E-state index is 13.0. The standard InChI is InChI=1S/C25H26FN3O2/c1-18-3-4-19(2)29(18)23-11-7-21(8-12-23)25(31)28-15-13-27(14-16-28)24(30)17-20-5-9-22(26)10-6-20/h3-12H,13-17H2,1-2H3. The van der Waals surface area contributed by atoms with Gasteiger partial charge in [0.25, 0.3) is 5.91 Å². The zero-order valence-corrected chi connectivity index (χ0v) is 17.8. The number of hydrogen-bond donors (Lipinski definition) is 0. The molecule has 0 spiro atoms. The molecule has 0 saturated carbocycles. The lowest BCUT2D eigenvalue weighted by molar-refractivity contribution is -0.131. The van der Waals surface area contributed by atoms with Crippen molar-refractivity contribution in [3.05, 3.63) is 89.0 Å². The summed E-state index contributed by atoms with van der Waals surface area (Å²) in [5.74, 6) is -0.325. The summed E-state index contributed by atoms with van der Waals surface area (Å²) in [4.78, 5) is 29.0. The molecule has 0 aliphatic carbocycles. The smallest absolute Gasteiger partial charge is 0.253 e. The molecule has 6 heteroatoms. The SMILES string of the molecule is Cc1ccc(C)n1-c1ccc(C(=O)N2CCN(C(=O)Cc3ccc(F)cc3)CC2)cc1. The van der Waals surface area contributed by atoms with Crippen LogP contribution in [0, 0.1) is 19.7 Å². The fraction of sp³-hybridized carbons (Fsp3) is 0.280. The highest BCUT2D eigenvalue weighted by Crippen LogP contribution is 2.18. The number of halogens is 1. The quantitative estimate of drug-likeness (QED) is 0.646. The second-order valence-corrected chi connectivity index (χ2v) is 7.97. The number of carbonyl (C=O) groups excluding carboxylic acids is 2. The molecule has 0 unspecified atom stereocenters. The van der Waals surface area contributed by atoms with E-state index >= 15 is 0 Å². The number of hydrogen-bond acceptors (Lipinski definition) is 2. The first kappa shape index (κ1) is 20.8. The molecule has 0 bridgehead atoms. The van der Waals surface area contributed by atoms with Crippen LogP contribution in [0.25, 0.3) is 5.69 Å². The van der Waals surface area contributed by atoms with Gasteiger partial charge in [-0.3, -0.25) is 9.59 Å². The van der Waals surface area contributed by atoms with Crippen LogP contribution in [0.3, 0.4) is 0 Å². The Morgan fingerprint density at radius 3 is 1.90 bits per heavy atom. The molecule has 2 amide bonds. The Bertz CT molecular complexity index is 1060. The van der Waals surface area contributed by atoms with Crippen molar-refractivity contribution in [2.24, 2.45) is 0 Å². The van der Waals surface area contributed by atoms with Gasteiger partial charge in [-0.1, -0.05) is 12.1 Å². The van der Waals surface area contributed by atoms with E-state index in [2.05, 4.69) is 30.5 Å². The van der Waals surface area contributed by atoms with Crippen LogP contribution in [0.4, 0.5) is 4.39 Å². The van der Waals surface area contributed by atoms with Gasteiger partial charge in [0.05, 0.1) is 6.42 Å². The molecule has 31 heavy (non-hydrogen) atoms. The number of carbonyl (C=O) groups is 2. The van der Waals surface area contributed by atoms with Crippen molar-refractivity contribution in [2.75, 3.05) is 26.2 Å². The van der Waals surface area contributed by atoms with E-state index in [9.17, 15) is 14.0 Å². The van der Waals surface area contributed by atoms with Crippen molar-refractivity contribution >= 4 is 11.8 Å². The molecule has 4 rings (SSSR count). The van der Waals surface area contributed by atoms with E-state index in [0.717, 1.165) is 22.6 Å². The summed E-state index contributed by atoms with van der Waals surface area (Å²) in [6.07, 6.45) is 0.244. The first-order valence-electron chi connectivity index (χ1n) is 10.5. The van der Waals surface area contributed by atoms with Crippen LogP contribution in [0.5, 0.6) is 0 Å². The molecule has 1 saturated heterocycles. The van der Waals surface area contributed by atoms with Gasteiger partial charge in [-0.15, -0.1) is 0 Å². The predicted octanol–water partition coefficient (Wildman–Crippen LogP) is 3.76. The van der Waals surface area contributed by atoms with Gasteiger partial charge in [-0.05, 0) is 67.9 Å². The van der Waals surface area contributed by atoms with Gasteiger partial charge in [0.2, 0.25) is 5.91 Å². The highest BCUT2D eigenvalue weighted by Gasteiger charge is 2.25. The second kappa shape index (κ2) is 8.76. The van der Waals surface area contributed by atoms with Crippen LogP contribution in [0.15, 0.2) is 60.7 Å². The van der Waals surface area contributed by atoms with Crippen LogP contribution in [0.1, 0.15) is 27.3 Å². The molecule has 1 aromatic heterocycles. The largest absolute Gasteiger partial charge is 0.339 e. The van der Waals surface area contributed by atoms with Crippen LogP contribution in [0.2, 0.25) is 0 Å². The average Bonchev–Trinajstić information content (AvgIpc) is 3.13. The third-order valence-electron chi connectivity index (χ3n) is 5.83. The fourth-order valence-corrected chi connectivity index (χ4v) is 4.06. The molecule has 0 N–H and O–H groups in total. The molecule has 2 heterocycles. The molecule has 1 aliphatic rings. The maximum atomic E-state index is 13.0. The number of amides is 2. The van der Waals surface area contributed by atoms with Crippen molar-refractivity contribution < 1.29 is 14.0 Å². The van der Waals surface area contributed by atoms with Gasteiger partial charge < -0.3 is 14.4 Å². The average molecular weight is 420 g/mol. The number of rotatable bonds is 4. The van der Waals surface area contributed by atoms with Crippen LogP contribution in [-0.2, 0) is 11.2 Å². The van der Waals surface area contributed by atoms with Crippen molar-refractivity contribution in [3.63, 3.8) is 0 Å². The number of benzene rings is 2. The molecular weight excluding hydrogens is 393 g/mol. The maximum Gasteiger partial charge on any atom is 0.253 e. The molecule has 160 valence electrons.